The van der Waals surface area contributed by atoms with Crippen molar-refractivity contribution in [3.63, 3.8) is 0 Å². The summed E-state index contributed by atoms with van der Waals surface area (Å²) in [5.41, 5.74) is 0. The lowest BCUT2D eigenvalue weighted by Gasteiger charge is -2.27. The quantitative estimate of drug-likeness (QED) is 0.701. The Kier molecular flexibility index (Phi) is 6.25. The first kappa shape index (κ1) is 13.8. The monoisotopic (exact) mass is 217 g/mol. The summed E-state index contributed by atoms with van der Waals surface area (Å²) in [6, 6.07) is 0. The van der Waals surface area contributed by atoms with E-state index in [-0.39, 0.29) is 11.2 Å². The Bertz CT molecular complexity index is 180. The number of nitrogens with zero attached hydrogens (tertiary/aromatic N) is 1. The van der Waals surface area contributed by atoms with Crippen molar-refractivity contribution in [2.75, 3.05) is 13.1 Å². The Morgan fingerprint density at radius 2 is 1.79 bits per heavy atom. The molecule has 1 atom stereocenters. The van der Waals surface area contributed by atoms with E-state index in [2.05, 4.69) is 26.5 Å². The van der Waals surface area contributed by atoms with Gasteiger partial charge in [0.1, 0.15) is 0 Å². The average molecular weight is 217 g/mol. The number of thiol groups is 1. The van der Waals surface area contributed by atoms with Crippen LogP contribution in [0.15, 0.2) is 0 Å². The lowest BCUT2D eigenvalue weighted by atomic mass is 10.1. The number of amides is 1. The predicted molar refractivity (Wildman–Crippen MR) is 64.7 cm³/mol. The highest BCUT2D eigenvalue weighted by molar-refractivity contribution is 7.81. The molecule has 0 aliphatic rings. The van der Waals surface area contributed by atoms with Crippen LogP contribution in [-0.2, 0) is 4.79 Å². The van der Waals surface area contributed by atoms with E-state index < -0.39 is 0 Å². The molecule has 0 N–H and O–H groups in total. The average Bonchev–Trinajstić information content (AvgIpc) is 2.11. The predicted octanol–water partition coefficient (Wildman–Crippen LogP) is 2.45. The summed E-state index contributed by atoms with van der Waals surface area (Å²) >= 11 is 4.34. The van der Waals surface area contributed by atoms with Crippen LogP contribution in [0.5, 0.6) is 0 Å². The SMILES string of the molecule is CCN(CC(C)C)C(=O)C(S)C(C)C. The number of carbonyl (C=O) groups excluding carboxylic acids is 1. The molecule has 0 saturated carbocycles. The van der Waals surface area contributed by atoms with Gasteiger partial charge in [-0.05, 0) is 18.8 Å². The standard InChI is InChI=1S/C11H23NOS/c1-6-12(7-8(2)3)11(13)10(14)9(4)5/h8-10,14H,6-7H2,1-5H3. The Balaban J connectivity index is 4.30. The Labute approximate surface area is 93.5 Å². The molecule has 84 valence electrons. The number of rotatable bonds is 5. The van der Waals surface area contributed by atoms with Crippen LogP contribution < -0.4 is 0 Å². The minimum absolute atomic E-state index is 0.159. The van der Waals surface area contributed by atoms with Gasteiger partial charge in [-0.3, -0.25) is 4.79 Å². The van der Waals surface area contributed by atoms with Crippen LogP contribution in [0.2, 0.25) is 0 Å². The van der Waals surface area contributed by atoms with E-state index >= 15 is 0 Å². The maximum atomic E-state index is 11.9. The van der Waals surface area contributed by atoms with Gasteiger partial charge in [-0.2, -0.15) is 12.6 Å². The van der Waals surface area contributed by atoms with E-state index in [0.29, 0.717) is 11.8 Å². The van der Waals surface area contributed by atoms with Crippen molar-refractivity contribution in [1.82, 2.24) is 4.90 Å². The zero-order valence-corrected chi connectivity index (χ0v) is 10.8. The van der Waals surface area contributed by atoms with Crippen LogP contribution in [0.25, 0.3) is 0 Å². The molecule has 0 rings (SSSR count). The highest BCUT2D eigenvalue weighted by Gasteiger charge is 2.22. The summed E-state index contributed by atoms with van der Waals surface area (Å²) in [6.45, 7) is 11.9. The van der Waals surface area contributed by atoms with Crippen molar-refractivity contribution in [2.24, 2.45) is 11.8 Å². The normalized spacial score (nSPS) is 13.4. The molecule has 14 heavy (non-hydrogen) atoms. The van der Waals surface area contributed by atoms with Crippen molar-refractivity contribution < 1.29 is 4.79 Å². The largest absolute Gasteiger partial charge is 0.342 e. The molecule has 0 aromatic rings. The van der Waals surface area contributed by atoms with Crippen LogP contribution in [0.4, 0.5) is 0 Å². The van der Waals surface area contributed by atoms with Crippen LogP contribution in [0.3, 0.4) is 0 Å². The topological polar surface area (TPSA) is 20.3 Å². The first-order chi connectivity index (χ1) is 6.40. The molecule has 0 fully saturated rings. The molecule has 0 radical (unpaired) electrons. The molecule has 3 heteroatoms. The molecule has 0 aromatic heterocycles. The van der Waals surface area contributed by atoms with E-state index in [1.54, 1.807) is 0 Å². The number of hydrogen-bond acceptors (Lipinski definition) is 2. The summed E-state index contributed by atoms with van der Waals surface area (Å²) in [5, 5.41) is -0.159. The fraction of sp³-hybridized carbons (Fsp3) is 0.909. The van der Waals surface area contributed by atoms with Crippen molar-refractivity contribution >= 4 is 18.5 Å². The lowest BCUT2D eigenvalue weighted by molar-refractivity contribution is -0.131. The van der Waals surface area contributed by atoms with Gasteiger partial charge < -0.3 is 4.90 Å². The van der Waals surface area contributed by atoms with Gasteiger partial charge in [0, 0.05) is 13.1 Å². The maximum Gasteiger partial charge on any atom is 0.235 e. The number of carbonyl (C=O) groups is 1. The molecule has 0 spiro atoms. The highest BCUT2D eigenvalue weighted by atomic mass is 32.1. The molecule has 1 unspecified atom stereocenters. The summed E-state index contributed by atoms with van der Waals surface area (Å²) in [4.78, 5) is 13.8. The van der Waals surface area contributed by atoms with Gasteiger partial charge in [0.05, 0.1) is 5.25 Å². The lowest BCUT2D eigenvalue weighted by Crippen LogP contribution is -2.40. The second kappa shape index (κ2) is 6.33. The maximum absolute atomic E-state index is 11.9. The molecule has 0 aliphatic carbocycles. The molecule has 0 aliphatic heterocycles. The first-order valence-corrected chi connectivity index (χ1v) is 5.88. The second-order valence-corrected chi connectivity index (χ2v) is 5.02. The molecular formula is C11H23NOS. The third-order valence-electron chi connectivity index (χ3n) is 2.16. The zero-order chi connectivity index (χ0) is 11.3. The van der Waals surface area contributed by atoms with Crippen LogP contribution in [-0.4, -0.2) is 29.1 Å². The summed E-state index contributed by atoms with van der Waals surface area (Å²) < 4.78 is 0. The van der Waals surface area contributed by atoms with Crippen LogP contribution >= 0.6 is 12.6 Å². The van der Waals surface area contributed by atoms with E-state index in [9.17, 15) is 4.79 Å². The molecule has 0 saturated heterocycles. The minimum atomic E-state index is -0.159. The molecule has 1 amide bonds. The first-order valence-electron chi connectivity index (χ1n) is 5.37. The van der Waals surface area contributed by atoms with Gasteiger partial charge in [-0.15, -0.1) is 0 Å². The van der Waals surface area contributed by atoms with Gasteiger partial charge in [0.25, 0.3) is 0 Å². The molecule has 2 nitrogen and oxygen atoms in total. The summed E-state index contributed by atoms with van der Waals surface area (Å²) in [7, 11) is 0. The molecule has 0 aromatic carbocycles. The van der Waals surface area contributed by atoms with Gasteiger partial charge in [0.2, 0.25) is 5.91 Å². The fourth-order valence-electron chi connectivity index (χ4n) is 1.29. The third-order valence-corrected chi connectivity index (χ3v) is 2.98. The van der Waals surface area contributed by atoms with Crippen molar-refractivity contribution in [3.8, 4) is 0 Å². The second-order valence-electron chi connectivity index (χ2n) is 4.46. The zero-order valence-electron chi connectivity index (χ0n) is 9.95. The van der Waals surface area contributed by atoms with E-state index in [1.807, 2.05) is 25.7 Å². The fourth-order valence-corrected chi connectivity index (χ4v) is 1.45. The minimum Gasteiger partial charge on any atom is -0.342 e. The Hall–Kier alpha value is -0.180. The van der Waals surface area contributed by atoms with E-state index in [0.717, 1.165) is 13.1 Å². The van der Waals surface area contributed by atoms with Gasteiger partial charge >= 0.3 is 0 Å². The smallest absolute Gasteiger partial charge is 0.235 e. The Morgan fingerprint density at radius 1 is 1.29 bits per heavy atom. The number of hydrogen-bond donors (Lipinski definition) is 1. The Morgan fingerprint density at radius 3 is 2.07 bits per heavy atom. The van der Waals surface area contributed by atoms with Crippen molar-refractivity contribution in [2.45, 2.75) is 39.9 Å². The third kappa shape index (κ3) is 4.36. The molecular weight excluding hydrogens is 194 g/mol. The summed E-state index contributed by atoms with van der Waals surface area (Å²) in [6.07, 6.45) is 0. The van der Waals surface area contributed by atoms with Gasteiger partial charge in [-0.25, -0.2) is 0 Å². The summed E-state index contributed by atoms with van der Waals surface area (Å²) in [5.74, 6) is 0.984. The molecule has 0 heterocycles. The van der Waals surface area contributed by atoms with E-state index in [4.69, 9.17) is 0 Å². The van der Waals surface area contributed by atoms with Gasteiger partial charge in [0.15, 0.2) is 0 Å². The molecule has 0 bridgehead atoms. The van der Waals surface area contributed by atoms with Crippen LogP contribution in [0, 0.1) is 11.8 Å². The van der Waals surface area contributed by atoms with Crippen molar-refractivity contribution in [3.05, 3.63) is 0 Å². The van der Waals surface area contributed by atoms with Gasteiger partial charge in [-0.1, -0.05) is 27.7 Å². The highest BCUT2D eigenvalue weighted by Crippen LogP contribution is 2.13. The van der Waals surface area contributed by atoms with Crippen molar-refractivity contribution in [1.29, 1.82) is 0 Å². The van der Waals surface area contributed by atoms with E-state index in [1.165, 1.54) is 0 Å². The van der Waals surface area contributed by atoms with Crippen LogP contribution in [0.1, 0.15) is 34.6 Å².